The van der Waals surface area contributed by atoms with Crippen molar-refractivity contribution in [2.45, 2.75) is 20.0 Å². The van der Waals surface area contributed by atoms with Gasteiger partial charge in [0.05, 0.1) is 18.1 Å². The van der Waals surface area contributed by atoms with Crippen LogP contribution in [0.25, 0.3) is 11.0 Å². The van der Waals surface area contributed by atoms with Gasteiger partial charge in [-0.15, -0.1) is 0 Å². The van der Waals surface area contributed by atoms with Crippen molar-refractivity contribution in [1.82, 2.24) is 0 Å². The van der Waals surface area contributed by atoms with E-state index in [-0.39, 0.29) is 11.4 Å². The summed E-state index contributed by atoms with van der Waals surface area (Å²) < 4.78 is 15.7. The Kier molecular flexibility index (Phi) is 5.49. The molecule has 1 aromatic heterocycles. The van der Waals surface area contributed by atoms with Gasteiger partial charge in [-0.2, -0.15) is 0 Å². The van der Waals surface area contributed by atoms with Gasteiger partial charge in [0.1, 0.15) is 22.8 Å². The predicted molar refractivity (Wildman–Crippen MR) is 106 cm³/mol. The van der Waals surface area contributed by atoms with Crippen LogP contribution in [0.3, 0.4) is 0 Å². The Labute approximate surface area is 165 Å². The number of carbonyl (C=O) groups excluding carboxylic acids is 1. The third-order valence-corrected chi connectivity index (χ3v) is 4.26. The van der Waals surface area contributed by atoms with E-state index in [0.29, 0.717) is 17.1 Å². The number of amides is 1. The van der Waals surface area contributed by atoms with Crippen molar-refractivity contribution in [1.29, 1.82) is 0 Å². The molecule has 0 aliphatic heterocycles. The number of nitrogens with zero attached hydrogens (tertiary/aromatic N) is 1. The molecule has 0 bridgehead atoms. The minimum absolute atomic E-state index is 0.0244. The molecule has 2 aromatic carbocycles. The van der Waals surface area contributed by atoms with Crippen LogP contribution in [-0.4, -0.2) is 24.0 Å². The molecule has 150 valence electrons. The maximum atomic E-state index is 12.5. The van der Waals surface area contributed by atoms with Crippen molar-refractivity contribution in [2.75, 3.05) is 12.4 Å². The number of nitro groups is 1. The number of aryl methyl sites for hydroxylation is 1. The summed E-state index contributed by atoms with van der Waals surface area (Å²) in [5.74, 6) is 0.0362. The average molecular weight is 398 g/mol. The summed E-state index contributed by atoms with van der Waals surface area (Å²) in [7, 11) is 1.39. The second-order valence-electron chi connectivity index (χ2n) is 6.30. The van der Waals surface area contributed by atoms with E-state index in [0.717, 1.165) is 10.9 Å². The van der Waals surface area contributed by atoms with Crippen molar-refractivity contribution < 1.29 is 23.6 Å². The van der Waals surface area contributed by atoms with E-state index in [9.17, 15) is 19.7 Å². The Bertz CT molecular complexity index is 1150. The van der Waals surface area contributed by atoms with Gasteiger partial charge in [-0.05, 0) is 43.7 Å². The van der Waals surface area contributed by atoms with Gasteiger partial charge in [-0.3, -0.25) is 14.9 Å². The zero-order valence-electron chi connectivity index (χ0n) is 15.9. The van der Waals surface area contributed by atoms with Crippen molar-refractivity contribution in [3.8, 4) is 11.5 Å². The molecule has 9 nitrogen and oxygen atoms in total. The van der Waals surface area contributed by atoms with Crippen LogP contribution in [-0.2, 0) is 4.79 Å². The molecule has 3 aromatic rings. The Hall–Kier alpha value is -3.88. The first-order valence-electron chi connectivity index (χ1n) is 8.63. The van der Waals surface area contributed by atoms with Gasteiger partial charge in [-0.1, -0.05) is 0 Å². The van der Waals surface area contributed by atoms with Crippen LogP contribution < -0.4 is 20.4 Å². The fourth-order valence-electron chi connectivity index (χ4n) is 2.77. The van der Waals surface area contributed by atoms with Crippen LogP contribution in [0.1, 0.15) is 12.5 Å². The third kappa shape index (κ3) is 4.34. The van der Waals surface area contributed by atoms with E-state index < -0.39 is 22.6 Å². The standard InChI is InChI=1S/C20H18N2O7/c1-11-8-19(23)29-18-10-14(4-6-15(11)18)28-12(2)20(24)21-16-7-5-13(27-3)9-17(16)22(25)26/h4-10,12H,1-3H3,(H,21,24). The first kappa shape index (κ1) is 19.9. The molecule has 0 fully saturated rings. The summed E-state index contributed by atoms with van der Waals surface area (Å²) in [6.07, 6.45) is -0.967. The lowest BCUT2D eigenvalue weighted by Gasteiger charge is -2.15. The molecule has 29 heavy (non-hydrogen) atoms. The smallest absolute Gasteiger partial charge is 0.336 e. The molecule has 9 heteroatoms. The van der Waals surface area contributed by atoms with Crippen LogP contribution in [0.5, 0.6) is 11.5 Å². The quantitative estimate of drug-likeness (QED) is 0.383. The topological polar surface area (TPSA) is 121 Å². The Morgan fingerprint density at radius 2 is 1.90 bits per heavy atom. The Balaban J connectivity index is 1.78. The number of fused-ring (bicyclic) bond motifs is 1. The van der Waals surface area contributed by atoms with Crippen molar-refractivity contribution in [2.24, 2.45) is 0 Å². The van der Waals surface area contributed by atoms with Gasteiger partial charge in [0, 0.05) is 17.5 Å². The summed E-state index contributed by atoms with van der Waals surface area (Å²) in [4.78, 5) is 34.6. The molecular formula is C20H18N2O7. The molecule has 1 atom stereocenters. The number of ether oxygens (including phenoxy) is 2. The normalized spacial score (nSPS) is 11.7. The second kappa shape index (κ2) is 8.01. The van der Waals surface area contributed by atoms with Crippen LogP contribution >= 0.6 is 0 Å². The monoisotopic (exact) mass is 398 g/mol. The largest absolute Gasteiger partial charge is 0.496 e. The highest BCUT2D eigenvalue weighted by molar-refractivity contribution is 5.96. The SMILES string of the molecule is COc1ccc(NC(=O)C(C)Oc2ccc3c(C)cc(=O)oc3c2)c([N+](=O)[O-])c1. The molecule has 0 aliphatic rings. The van der Waals surface area contributed by atoms with E-state index in [4.69, 9.17) is 13.9 Å². The van der Waals surface area contributed by atoms with Crippen LogP contribution in [0.4, 0.5) is 11.4 Å². The van der Waals surface area contributed by atoms with Gasteiger partial charge in [0.25, 0.3) is 11.6 Å². The zero-order chi connectivity index (χ0) is 21.1. The molecule has 3 rings (SSSR count). The first-order valence-corrected chi connectivity index (χ1v) is 8.63. The first-order chi connectivity index (χ1) is 13.8. The van der Waals surface area contributed by atoms with E-state index >= 15 is 0 Å². The summed E-state index contributed by atoms with van der Waals surface area (Å²) in [6, 6.07) is 10.4. The predicted octanol–water partition coefficient (Wildman–Crippen LogP) is 3.42. The summed E-state index contributed by atoms with van der Waals surface area (Å²) in [5, 5.41) is 14.5. The van der Waals surface area contributed by atoms with Crippen LogP contribution in [0.2, 0.25) is 0 Å². The number of hydrogen-bond donors (Lipinski definition) is 1. The number of methoxy groups -OCH3 is 1. The van der Waals surface area contributed by atoms with E-state index in [2.05, 4.69) is 5.32 Å². The van der Waals surface area contributed by atoms with Gasteiger partial charge < -0.3 is 19.2 Å². The molecule has 1 N–H and O–H groups in total. The third-order valence-electron chi connectivity index (χ3n) is 4.26. The molecule has 0 spiro atoms. The molecule has 0 saturated heterocycles. The summed E-state index contributed by atoms with van der Waals surface area (Å²) >= 11 is 0. The van der Waals surface area contributed by atoms with Crippen molar-refractivity contribution in [3.63, 3.8) is 0 Å². The van der Waals surface area contributed by atoms with E-state index in [1.54, 1.807) is 19.1 Å². The second-order valence-corrected chi connectivity index (χ2v) is 6.30. The lowest BCUT2D eigenvalue weighted by atomic mass is 10.1. The van der Waals surface area contributed by atoms with Gasteiger partial charge >= 0.3 is 5.63 Å². The number of benzene rings is 2. The molecular weight excluding hydrogens is 380 g/mol. The fourth-order valence-corrected chi connectivity index (χ4v) is 2.77. The maximum absolute atomic E-state index is 12.5. The molecule has 0 saturated carbocycles. The van der Waals surface area contributed by atoms with E-state index in [1.165, 1.54) is 44.4 Å². The zero-order valence-corrected chi connectivity index (χ0v) is 15.9. The molecule has 0 aliphatic carbocycles. The number of rotatable bonds is 6. The molecule has 1 unspecified atom stereocenters. The fraction of sp³-hybridized carbons (Fsp3) is 0.200. The maximum Gasteiger partial charge on any atom is 0.336 e. The highest BCUT2D eigenvalue weighted by Crippen LogP contribution is 2.29. The number of nitro benzene ring substituents is 1. The number of nitrogens with one attached hydrogen (secondary N) is 1. The summed E-state index contributed by atoms with van der Waals surface area (Å²) in [5.41, 5.74) is 0.348. The van der Waals surface area contributed by atoms with Crippen LogP contribution in [0, 0.1) is 17.0 Å². The highest BCUT2D eigenvalue weighted by Gasteiger charge is 2.21. The van der Waals surface area contributed by atoms with Crippen molar-refractivity contribution >= 4 is 28.3 Å². The number of carbonyl (C=O) groups is 1. The van der Waals surface area contributed by atoms with Gasteiger partial charge in [-0.25, -0.2) is 4.79 Å². The molecule has 0 radical (unpaired) electrons. The lowest BCUT2D eigenvalue weighted by Crippen LogP contribution is -2.30. The molecule has 1 amide bonds. The number of hydrogen-bond acceptors (Lipinski definition) is 7. The van der Waals surface area contributed by atoms with Gasteiger partial charge in [0.15, 0.2) is 6.10 Å². The average Bonchev–Trinajstić information content (AvgIpc) is 2.67. The van der Waals surface area contributed by atoms with Gasteiger partial charge in [0.2, 0.25) is 0 Å². The van der Waals surface area contributed by atoms with E-state index in [1.807, 2.05) is 0 Å². The Morgan fingerprint density at radius 1 is 1.17 bits per heavy atom. The van der Waals surface area contributed by atoms with Crippen molar-refractivity contribution in [3.05, 3.63) is 68.6 Å². The lowest BCUT2D eigenvalue weighted by molar-refractivity contribution is -0.384. The van der Waals surface area contributed by atoms with Crippen LogP contribution in [0.15, 0.2) is 51.7 Å². The number of anilines is 1. The highest BCUT2D eigenvalue weighted by atomic mass is 16.6. The summed E-state index contributed by atoms with van der Waals surface area (Å²) in [6.45, 7) is 3.29. The minimum atomic E-state index is -0.967. The Morgan fingerprint density at radius 3 is 2.59 bits per heavy atom. The minimum Gasteiger partial charge on any atom is -0.496 e. The molecule has 1 heterocycles.